The number of aliphatic hydroxyl groups excluding tert-OH is 1. The Morgan fingerprint density at radius 1 is 1.50 bits per heavy atom. The van der Waals surface area contributed by atoms with Crippen LogP contribution < -0.4 is 0 Å². The van der Waals surface area contributed by atoms with E-state index in [0.29, 0.717) is 19.4 Å². The average molecular weight is 233 g/mol. The Hall–Kier alpha value is -0.840. The topological polar surface area (TPSA) is 49.8 Å². The van der Waals surface area contributed by atoms with Crippen molar-refractivity contribution in [3.63, 3.8) is 0 Å². The number of β-amino-alcohol motifs (C(OH)–C–C–N with tert-alkyl or cyclic N) is 1. The maximum Gasteiger partial charge on any atom is 0.410 e. The van der Waals surface area contributed by atoms with Crippen LogP contribution in [0.25, 0.3) is 0 Å². The smallest absolute Gasteiger partial charge is 0.410 e. The molecule has 0 unspecified atom stereocenters. The van der Waals surface area contributed by atoms with Crippen LogP contribution in [0.5, 0.6) is 0 Å². The molecule has 1 amide bonds. The fourth-order valence-electron chi connectivity index (χ4n) is 1.59. The Morgan fingerprint density at radius 2 is 2.12 bits per heavy atom. The highest BCUT2D eigenvalue weighted by Gasteiger charge is 2.30. The van der Waals surface area contributed by atoms with Gasteiger partial charge in [-0.15, -0.1) is 0 Å². The summed E-state index contributed by atoms with van der Waals surface area (Å²) in [7, 11) is 0. The molecule has 1 saturated heterocycles. The Balaban J connectivity index is 2.56. The molecule has 1 rings (SSSR count). The molecule has 0 aromatic heterocycles. The average Bonchev–Trinajstić information content (AvgIpc) is 2.27. The number of aliphatic hydroxyl groups is 1. The van der Waals surface area contributed by atoms with E-state index in [9.17, 15) is 14.3 Å². The third-order valence-electron chi connectivity index (χ3n) is 2.38. The van der Waals surface area contributed by atoms with Crippen LogP contribution in [-0.4, -0.2) is 47.1 Å². The maximum absolute atomic E-state index is 13.2. The van der Waals surface area contributed by atoms with Gasteiger partial charge in [0, 0.05) is 6.54 Å². The molecule has 1 aliphatic heterocycles. The van der Waals surface area contributed by atoms with Gasteiger partial charge in [-0.1, -0.05) is 0 Å². The first-order chi connectivity index (χ1) is 7.29. The highest BCUT2D eigenvalue weighted by Crippen LogP contribution is 2.17. The fourth-order valence-corrected chi connectivity index (χ4v) is 1.59. The number of ether oxygens (including phenoxy) is 1. The molecule has 1 fully saturated rings. The van der Waals surface area contributed by atoms with Gasteiger partial charge in [0.15, 0.2) is 0 Å². The first-order valence-electron chi connectivity index (χ1n) is 5.59. The van der Waals surface area contributed by atoms with Crippen molar-refractivity contribution in [3.8, 4) is 0 Å². The first kappa shape index (κ1) is 13.2. The molecule has 16 heavy (non-hydrogen) atoms. The SMILES string of the molecule is CC(C)(C)OC(=O)N1CCC[C@H](F)[C@@H](O)C1. The van der Waals surface area contributed by atoms with Gasteiger partial charge in [0.05, 0.1) is 6.54 Å². The molecule has 94 valence electrons. The zero-order chi connectivity index (χ0) is 12.3. The molecule has 0 bridgehead atoms. The van der Waals surface area contributed by atoms with E-state index in [2.05, 4.69) is 0 Å². The van der Waals surface area contributed by atoms with Crippen LogP contribution in [0, 0.1) is 0 Å². The number of halogens is 1. The van der Waals surface area contributed by atoms with Crippen molar-refractivity contribution < 1.29 is 19.0 Å². The summed E-state index contributed by atoms with van der Waals surface area (Å²) in [5.74, 6) is 0. The van der Waals surface area contributed by atoms with E-state index in [1.165, 1.54) is 4.90 Å². The molecule has 4 nitrogen and oxygen atoms in total. The van der Waals surface area contributed by atoms with Crippen molar-refractivity contribution in [1.82, 2.24) is 4.90 Å². The van der Waals surface area contributed by atoms with Crippen LogP contribution in [0.1, 0.15) is 33.6 Å². The molecular weight excluding hydrogens is 213 g/mol. The normalized spacial score (nSPS) is 27.4. The Morgan fingerprint density at radius 3 is 2.69 bits per heavy atom. The van der Waals surface area contributed by atoms with Crippen LogP contribution >= 0.6 is 0 Å². The molecule has 1 heterocycles. The minimum atomic E-state index is -1.24. The van der Waals surface area contributed by atoms with Gasteiger partial charge in [-0.3, -0.25) is 0 Å². The molecule has 0 saturated carbocycles. The Bertz CT molecular complexity index is 252. The van der Waals surface area contributed by atoms with Crippen molar-refractivity contribution in [2.24, 2.45) is 0 Å². The second-order valence-electron chi connectivity index (χ2n) is 5.15. The summed E-state index contributed by atoms with van der Waals surface area (Å²) in [5, 5.41) is 9.45. The van der Waals surface area contributed by atoms with Crippen molar-refractivity contribution >= 4 is 6.09 Å². The first-order valence-corrected chi connectivity index (χ1v) is 5.59. The van der Waals surface area contributed by atoms with Gasteiger partial charge < -0.3 is 14.7 Å². The number of carbonyl (C=O) groups is 1. The van der Waals surface area contributed by atoms with Crippen LogP contribution in [0.15, 0.2) is 0 Å². The van der Waals surface area contributed by atoms with E-state index < -0.39 is 24.0 Å². The molecule has 5 heteroatoms. The number of carbonyl (C=O) groups excluding carboxylic acids is 1. The predicted molar refractivity (Wildman–Crippen MR) is 57.9 cm³/mol. The standard InChI is InChI=1S/C11H20FNO3/c1-11(2,3)16-10(15)13-6-4-5-8(12)9(14)7-13/h8-9,14H,4-7H2,1-3H3/t8-,9-/m0/s1. The van der Waals surface area contributed by atoms with Crippen LogP contribution in [0.2, 0.25) is 0 Å². The van der Waals surface area contributed by atoms with E-state index in [1.807, 2.05) is 0 Å². The summed E-state index contributed by atoms with van der Waals surface area (Å²) >= 11 is 0. The molecule has 0 spiro atoms. The lowest BCUT2D eigenvalue weighted by molar-refractivity contribution is 0.0104. The van der Waals surface area contributed by atoms with Gasteiger partial charge >= 0.3 is 6.09 Å². The highest BCUT2D eigenvalue weighted by molar-refractivity contribution is 5.68. The van der Waals surface area contributed by atoms with Gasteiger partial charge in [0.1, 0.15) is 17.9 Å². The Kier molecular flexibility index (Phi) is 4.13. The predicted octanol–water partition coefficient (Wildman–Crippen LogP) is 1.72. The lowest BCUT2D eigenvalue weighted by atomic mass is 10.1. The van der Waals surface area contributed by atoms with Crippen molar-refractivity contribution in [3.05, 3.63) is 0 Å². The summed E-state index contributed by atoms with van der Waals surface area (Å²) in [6.07, 6.45) is -1.99. The lowest BCUT2D eigenvalue weighted by Crippen LogP contribution is -2.41. The minimum Gasteiger partial charge on any atom is -0.444 e. The van der Waals surface area contributed by atoms with Gasteiger partial charge in [0.2, 0.25) is 0 Å². The third kappa shape index (κ3) is 3.96. The number of likely N-dealkylation sites (tertiary alicyclic amines) is 1. The number of rotatable bonds is 0. The number of alkyl halides is 1. The molecule has 0 aromatic carbocycles. The molecule has 2 atom stereocenters. The van der Waals surface area contributed by atoms with Crippen LogP contribution in [0.3, 0.4) is 0 Å². The van der Waals surface area contributed by atoms with Crippen molar-refractivity contribution in [1.29, 1.82) is 0 Å². The van der Waals surface area contributed by atoms with E-state index in [4.69, 9.17) is 4.74 Å². The van der Waals surface area contributed by atoms with Gasteiger partial charge in [-0.25, -0.2) is 9.18 Å². The van der Waals surface area contributed by atoms with Crippen LogP contribution in [0.4, 0.5) is 9.18 Å². The number of nitrogens with zero attached hydrogens (tertiary/aromatic N) is 1. The van der Waals surface area contributed by atoms with Crippen molar-refractivity contribution in [2.45, 2.75) is 51.5 Å². The van der Waals surface area contributed by atoms with E-state index >= 15 is 0 Å². The zero-order valence-electron chi connectivity index (χ0n) is 10.1. The largest absolute Gasteiger partial charge is 0.444 e. The maximum atomic E-state index is 13.2. The second kappa shape index (κ2) is 4.99. The summed E-state index contributed by atoms with van der Waals surface area (Å²) in [6, 6.07) is 0. The fraction of sp³-hybridized carbons (Fsp3) is 0.909. The van der Waals surface area contributed by atoms with E-state index in [1.54, 1.807) is 20.8 Å². The molecule has 1 aliphatic rings. The Labute approximate surface area is 95.4 Å². The van der Waals surface area contributed by atoms with E-state index in [0.717, 1.165) is 0 Å². The molecule has 0 aliphatic carbocycles. The van der Waals surface area contributed by atoms with E-state index in [-0.39, 0.29) is 6.54 Å². The van der Waals surface area contributed by atoms with Gasteiger partial charge in [-0.2, -0.15) is 0 Å². The molecular formula is C11H20FNO3. The monoisotopic (exact) mass is 233 g/mol. The summed E-state index contributed by atoms with van der Waals surface area (Å²) in [6.45, 7) is 5.77. The van der Waals surface area contributed by atoms with Crippen LogP contribution in [-0.2, 0) is 4.74 Å². The number of hydrogen-bond donors (Lipinski definition) is 1. The third-order valence-corrected chi connectivity index (χ3v) is 2.38. The molecule has 1 N–H and O–H groups in total. The second-order valence-corrected chi connectivity index (χ2v) is 5.15. The lowest BCUT2D eigenvalue weighted by Gasteiger charge is -2.27. The quantitative estimate of drug-likeness (QED) is 0.693. The summed E-state index contributed by atoms with van der Waals surface area (Å²) < 4.78 is 18.4. The highest BCUT2D eigenvalue weighted by atomic mass is 19.1. The summed E-state index contributed by atoms with van der Waals surface area (Å²) in [4.78, 5) is 13.1. The van der Waals surface area contributed by atoms with Crippen molar-refractivity contribution in [2.75, 3.05) is 13.1 Å². The zero-order valence-corrected chi connectivity index (χ0v) is 10.1. The summed E-state index contributed by atoms with van der Waals surface area (Å²) in [5.41, 5.74) is -0.566. The van der Waals surface area contributed by atoms with Gasteiger partial charge in [0.25, 0.3) is 0 Å². The minimum absolute atomic E-state index is 0.0100. The van der Waals surface area contributed by atoms with Gasteiger partial charge in [-0.05, 0) is 33.6 Å². The molecule has 0 radical (unpaired) electrons. The number of hydrogen-bond acceptors (Lipinski definition) is 3. The molecule has 0 aromatic rings. The number of amides is 1.